The van der Waals surface area contributed by atoms with Gasteiger partial charge in [0.1, 0.15) is 18.1 Å². The predicted molar refractivity (Wildman–Crippen MR) is 96.5 cm³/mol. The Morgan fingerprint density at radius 2 is 1.57 bits per heavy atom. The molecular formula is C17H22Cl2N2O2. The first kappa shape index (κ1) is 19.6. The molecule has 2 N–H and O–H groups in total. The third-order valence-electron chi connectivity index (χ3n) is 3.07. The minimum Gasteiger partial charge on any atom is -0.494 e. The Balaban J connectivity index is 0.00000264. The number of ether oxygens (including phenoxy) is 2. The molecule has 0 unspecified atom stereocenters. The van der Waals surface area contributed by atoms with Gasteiger partial charge in [-0.05, 0) is 30.7 Å². The minimum absolute atomic E-state index is 0. The first-order valence-electron chi connectivity index (χ1n) is 7.30. The fourth-order valence-electron chi connectivity index (χ4n) is 1.92. The zero-order chi connectivity index (χ0) is 15.6. The van der Waals surface area contributed by atoms with Crippen molar-refractivity contribution >= 4 is 24.0 Å². The lowest BCUT2D eigenvalue weighted by molar-refractivity contribution is 0.196. The molecule has 126 valence electrons. The molecule has 0 aliphatic carbocycles. The Bertz CT molecular complexity index is 555. The molecule has 0 aliphatic heterocycles. The van der Waals surface area contributed by atoms with Crippen molar-refractivity contribution in [1.82, 2.24) is 5.01 Å². The third-order valence-corrected chi connectivity index (χ3v) is 3.39. The Labute approximate surface area is 148 Å². The van der Waals surface area contributed by atoms with Crippen LogP contribution in [0.25, 0.3) is 0 Å². The maximum atomic E-state index is 6.01. The number of nitrogens with zero attached hydrogens (tertiary/aromatic N) is 1. The zero-order valence-electron chi connectivity index (χ0n) is 12.9. The van der Waals surface area contributed by atoms with Gasteiger partial charge in [0.2, 0.25) is 0 Å². The molecule has 6 heteroatoms. The average molecular weight is 357 g/mol. The zero-order valence-corrected chi connectivity index (χ0v) is 14.4. The molecule has 2 aromatic carbocycles. The number of rotatable bonds is 9. The molecule has 0 amide bonds. The Kier molecular flexibility index (Phi) is 9.48. The molecule has 0 heterocycles. The van der Waals surface area contributed by atoms with Crippen LogP contribution < -0.4 is 15.3 Å². The lowest BCUT2D eigenvalue weighted by Gasteiger charge is -2.17. The second-order valence-corrected chi connectivity index (χ2v) is 5.24. The smallest absolute Gasteiger partial charge is 0.137 e. The van der Waals surface area contributed by atoms with E-state index in [9.17, 15) is 0 Å². The molecule has 0 radical (unpaired) electrons. The average Bonchev–Trinajstić information content (AvgIpc) is 2.54. The summed E-state index contributed by atoms with van der Waals surface area (Å²) in [6.07, 6.45) is 0.859. The third kappa shape index (κ3) is 7.57. The van der Waals surface area contributed by atoms with Crippen LogP contribution in [0.5, 0.6) is 11.5 Å². The van der Waals surface area contributed by atoms with Gasteiger partial charge in [0.25, 0.3) is 0 Å². The maximum Gasteiger partial charge on any atom is 0.137 e. The highest BCUT2D eigenvalue weighted by Gasteiger charge is 2.02. The van der Waals surface area contributed by atoms with Gasteiger partial charge in [0.05, 0.1) is 11.6 Å². The molecule has 23 heavy (non-hydrogen) atoms. The monoisotopic (exact) mass is 356 g/mol. The molecule has 0 atom stereocenters. The molecule has 0 spiro atoms. The maximum absolute atomic E-state index is 6.01. The number of benzene rings is 2. The van der Waals surface area contributed by atoms with Crippen LogP contribution in [0.15, 0.2) is 54.6 Å². The summed E-state index contributed by atoms with van der Waals surface area (Å²) in [5.41, 5.74) is 0. The van der Waals surface area contributed by atoms with Crippen LogP contribution in [0, 0.1) is 0 Å². The fraction of sp³-hybridized carbons (Fsp3) is 0.294. The van der Waals surface area contributed by atoms with E-state index in [2.05, 4.69) is 0 Å². The van der Waals surface area contributed by atoms with Crippen LogP contribution in [0.4, 0.5) is 0 Å². The van der Waals surface area contributed by atoms with Crippen LogP contribution in [0.1, 0.15) is 6.42 Å². The van der Waals surface area contributed by atoms with E-state index in [0.29, 0.717) is 30.5 Å². The van der Waals surface area contributed by atoms with E-state index in [-0.39, 0.29) is 12.4 Å². The lowest BCUT2D eigenvalue weighted by Crippen LogP contribution is -2.36. The molecule has 2 aromatic rings. The molecule has 0 saturated heterocycles. The predicted octanol–water partition coefficient (Wildman–Crippen LogP) is 3.79. The van der Waals surface area contributed by atoms with E-state index < -0.39 is 0 Å². The SMILES string of the molecule is Cl.NN(CCCOc1ccccc1)CCOc1ccccc1Cl. The van der Waals surface area contributed by atoms with Crippen LogP contribution in [-0.2, 0) is 0 Å². The Morgan fingerprint density at radius 1 is 0.870 bits per heavy atom. The van der Waals surface area contributed by atoms with Crippen LogP contribution >= 0.6 is 24.0 Å². The first-order valence-corrected chi connectivity index (χ1v) is 7.68. The Morgan fingerprint density at radius 3 is 2.30 bits per heavy atom. The quantitative estimate of drug-likeness (QED) is 0.421. The summed E-state index contributed by atoms with van der Waals surface area (Å²) >= 11 is 6.01. The number of hydrogen-bond donors (Lipinski definition) is 1. The molecule has 0 bridgehead atoms. The van der Waals surface area contributed by atoms with Crippen molar-refractivity contribution in [3.05, 3.63) is 59.6 Å². The number of halogens is 2. The second kappa shape index (κ2) is 11.1. The number of para-hydroxylation sites is 2. The summed E-state index contributed by atoms with van der Waals surface area (Å²) in [4.78, 5) is 0. The van der Waals surface area contributed by atoms with Crippen molar-refractivity contribution in [1.29, 1.82) is 0 Å². The van der Waals surface area contributed by atoms with Gasteiger partial charge < -0.3 is 9.47 Å². The highest BCUT2D eigenvalue weighted by molar-refractivity contribution is 6.32. The highest BCUT2D eigenvalue weighted by atomic mass is 35.5. The normalized spacial score (nSPS) is 10.2. The van der Waals surface area contributed by atoms with Crippen LogP contribution in [0.2, 0.25) is 5.02 Å². The molecule has 0 aliphatic rings. The van der Waals surface area contributed by atoms with Crippen molar-refractivity contribution in [3.8, 4) is 11.5 Å². The van der Waals surface area contributed by atoms with E-state index in [0.717, 1.165) is 18.7 Å². The number of hydrogen-bond acceptors (Lipinski definition) is 4. The number of hydrazine groups is 1. The van der Waals surface area contributed by atoms with Crippen molar-refractivity contribution in [3.63, 3.8) is 0 Å². The Hall–Kier alpha value is -1.46. The molecule has 0 aromatic heterocycles. The molecule has 0 fully saturated rings. The van der Waals surface area contributed by atoms with Gasteiger partial charge in [0, 0.05) is 13.1 Å². The summed E-state index contributed by atoms with van der Waals surface area (Å²) in [5.74, 6) is 7.49. The van der Waals surface area contributed by atoms with E-state index >= 15 is 0 Å². The van der Waals surface area contributed by atoms with Crippen molar-refractivity contribution in [2.45, 2.75) is 6.42 Å². The van der Waals surface area contributed by atoms with Gasteiger partial charge in [-0.3, -0.25) is 5.84 Å². The van der Waals surface area contributed by atoms with Crippen LogP contribution in [0.3, 0.4) is 0 Å². The summed E-state index contributed by atoms with van der Waals surface area (Å²) in [6.45, 7) is 2.53. The van der Waals surface area contributed by atoms with E-state index in [1.54, 1.807) is 11.1 Å². The second-order valence-electron chi connectivity index (χ2n) is 4.83. The largest absolute Gasteiger partial charge is 0.494 e. The molecule has 4 nitrogen and oxygen atoms in total. The molecule has 2 rings (SSSR count). The lowest BCUT2D eigenvalue weighted by atomic mass is 10.3. The van der Waals surface area contributed by atoms with E-state index in [4.69, 9.17) is 26.9 Å². The summed E-state index contributed by atoms with van der Waals surface area (Å²) < 4.78 is 11.2. The molecular weight excluding hydrogens is 335 g/mol. The van der Waals surface area contributed by atoms with Crippen molar-refractivity contribution < 1.29 is 9.47 Å². The highest BCUT2D eigenvalue weighted by Crippen LogP contribution is 2.22. The minimum atomic E-state index is 0. The number of nitrogens with two attached hydrogens (primary N) is 1. The van der Waals surface area contributed by atoms with E-state index in [1.165, 1.54) is 0 Å². The van der Waals surface area contributed by atoms with Crippen molar-refractivity contribution in [2.24, 2.45) is 5.84 Å². The van der Waals surface area contributed by atoms with Crippen LogP contribution in [-0.4, -0.2) is 31.3 Å². The van der Waals surface area contributed by atoms with Gasteiger partial charge in [-0.1, -0.05) is 41.9 Å². The standard InChI is InChI=1S/C17H21ClN2O2.ClH/c18-16-9-4-5-10-17(16)22-14-12-20(19)11-6-13-21-15-7-2-1-3-8-15;/h1-5,7-10H,6,11-14,19H2;1H. The summed E-state index contributed by atoms with van der Waals surface area (Å²) in [7, 11) is 0. The van der Waals surface area contributed by atoms with Gasteiger partial charge in [0.15, 0.2) is 0 Å². The summed E-state index contributed by atoms with van der Waals surface area (Å²) in [5, 5.41) is 2.34. The molecule has 0 saturated carbocycles. The van der Waals surface area contributed by atoms with Crippen molar-refractivity contribution in [2.75, 3.05) is 26.3 Å². The fourth-order valence-corrected chi connectivity index (χ4v) is 2.11. The van der Waals surface area contributed by atoms with Gasteiger partial charge in [-0.15, -0.1) is 12.4 Å². The van der Waals surface area contributed by atoms with Gasteiger partial charge >= 0.3 is 0 Å². The topological polar surface area (TPSA) is 47.7 Å². The van der Waals surface area contributed by atoms with Gasteiger partial charge in [-0.2, -0.15) is 0 Å². The summed E-state index contributed by atoms with van der Waals surface area (Å²) in [6, 6.07) is 17.2. The first-order chi connectivity index (χ1) is 10.8. The van der Waals surface area contributed by atoms with E-state index in [1.807, 2.05) is 48.5 Å². The van der Waals surface area contributed by atoms with Gasteiger partial charge in [-0.25, -0.2) is 5.01 Å².